The number of hydrogen-bond acceptors (Lipinski definition) is 5. The van der Waals surface area contributed by atoms with E-state index >= 15 is 0 Å². The molecule has 0 amide bonds. The summed E-state index contributed by atoms with van der Waals surface area (Å²) in [5, 5.41) is 10.2. The Morgan fingerprint density at radius 3 is 2.48 bits per heavy atom. The van der Waals surface area contributed by atoms with Gasteiger partial charge in [-0.2, -0.15) is 4.31 Å². The molecular weight excluding hydrogens is 330 g/mol. The second-order valence-electron chi connectivity index (χ2n) is 5.68. The van der Waals surface area contributed by atoms with Gasteiger partial charge in [0.05, 0.1) is 30.3 Å². The normalized spacial score (nSPS) is 27.4. The molecule has 2 aliphatic heterocycles. The summed E-state index contributed by atoms with van der Waals surface area (Å²) >= 11 is 0. The van der Waals surface area contributed by atoms with Crippen LogP contribution in [0, 0.1) is 11.6 Å². The molecule has 0 unspecified atom stereocenters. The molecule has 1 aromatic carbocycles. The van der Waals surface area contributed by atoms with E-state index in [-0.39, 0.29) is 24.0 Å². The molecule has 0 bridgehead atoms. The van der Waals surface area contributed by atoms with Crippen LogP contribution in [0.3, 0.4) is 0 Å². The number of hydrogen-bond donors (Lipinski definition) is 1. The van der Waals surface area contributed by atoms with E-state index in [1.54, 1.807) is 0 Å². The van der Waals surface area contributed by atoms with Gasteiger partial charge in [-0.3, -0.25) is 4.90 Å². The average molecular weight is 348 g/mol. The minimum Gasteiger partial charge on any atom is -0.390 e. The smallest absolute Gasteiger partial charge is 0.243 e. The van der Waals surface area contributed by atoms with E-state index in [2.05, 4.69) is 0 Å². The Morgan fingerprint density at radius 1 is 1.13 bits per heavy atom. The van der Waals surface area contributed by atoms with Gasteiger partial charge in [-0.25, -0.2) is 17.2 Å². The number of morpholine rings is 1. The maximum atomic E-state index is 13.3. The first-order valence-corrected chi connectivity index (χ1v) is 8.78. The van der Waals surface area contributed by atoms with Crippen molar-refractivity contribution in [1.82, 2.24) is 9.21 Å². The first-order valence-electron chi connectivity index (χ1n) is 7.34. The van der Waals surface area contributed by atoms with Crippen LogP contribution in [0.5, 0.6) is 0 Å². The number of halogens is 2. The highest BCUT2D eigenvalue weighted by Crippen LogP contribution is 2.25. The van der Waals surface area contributed by atoms with Crippen molar-refractivity contribution in [2.75, 3.05) is 39.4 Å². The second kappa shape index (κ2) is 6.40. The molecule has 1 N–H and O–H groups in total. The Hall–Kier alpha value is -1.13. The van der Waals surface area contributed by atoms with Crippen molar-refractivity contribution in [2.24, 2.45) is 0 Å². The molecule has 9 heteroatoms. The van der Waals surface area contributed by atoms with E-state index < -0.39 is 27.8 Å². The van der Waals surface area contributed by atoms with Gasteiger partial charge in [-0.05, 0) is 18.2 Å². The van der Waals surface area contributed by atoms with E-state index in [1.165, 1.54) is 0 Å². The zero-order valence-electron chi connectivity index (χ0n) is 12.4. The first kappa shape index (κ1) is 16.7. The van der Waals surface area contributed by atoms with Crippen LogP contribution in [-0.2, 0) is 14.8 Å². The van der Waals surface area contributed by atoms with Gasteiger partial charge in [-0.15, -0.1) is 0 Å². The Morgan fingerprint density at radius 2 is 1.83 bits per heavy atom. The number of rotatable bonds is 3. The minimum absolute atomic E-state index is 0.0661. The average Bonchev–Trinajstić information content (AvgIpc) is 2.93. The maximum Gasteiger partial charge on any atom is 0.243 e. The largest absolute Gasteiger partial charge is 0.390 e. The molecule has 2 heterocycles. The monoisotopic (exact) mass is 348 g/mol. The van der Waals surface area contributed by atoms with Crippen molar-refractivity contribution in [3.05, 3.63) is 29.8 Å². The van der Waals surface area contributed by atoms with Crippen LogP contribution in [0.4, 0.5) is 8.78 Å². The molecule has 0 radical (unpaired) electrons. The SMILES string of the molecule is O=S(=O)(c1ccc(F)c(F)c1)N1C[C@@H](O)[C@H](N2CCOCC2)C1. The first-order chi connectivity index (χ1) is 10.9. The number of nitrogens with zero attached hydrogens (tertiary/aromatic N) is 2. The van der Waals surface area contributed by atoms with Gasteiger partial charge in [0.15, 0.2) is 11.6 Å². The number of aliphatic hydroxyl groups is 1. The van der Waals surface area contributed by atoms with Crippen molar-refractivity contribution < 1.29 is 27.0 Å². The van der Waals surface area contributed by atoms with Gasteiger partial charge in [-0.1, -0.05) is 0 Å². The Kier molecular flexibility index (Phi) is 4.65. The van der Waals surface area contributed by atoms with Crippen molar-refractivity contribution >= 4 is 10.0 Å². The van der Waals surface area contributed by atoms with Crippen LogP contribution in [-0.4, -0.2) is 74.3 Å². The number of sulfonamides is 1. The number of ether oxygens (including phenoxy) is 1. The minimum atomic E-state index is -3.97. The molecular formula is C14H18F2N2O4S. The Balaban J connectivity index is 1.79. The van der Waals surface area contributed by atoms with Crippen molar-refractivity contribution in [2.45, 2.75) is 17.0 Å². The van der Waals surface area contributed by atoms with Crippen molar-refractivity contribution in [3.63, 3.8) is 0 Å². The molecule has 0 aromatic heterocycles. The van der Waals surface area contributed by atoms with Gasteiger partial charge in [0.2, 0.25) is 10.0 Å². The van der Waals surface area contributed by atoms with Gasteiger partial charge < -0.3 is 9.84 Å². The molecule has 0 spiro atoms. The summed E-state index contributed by atoms with van der Waals surface area (Å²) in [6.07, 6.45) is -0.826. The molecule has 2 fully saturated rings. The van der Waals surface area contributed by atoms with Crippen LogP contribution in [0.25, 0.3) is 0 Å². The lowest BCUT2D eigenvalue weighted by molar-refractivity contribution is -0.00602. The summed E-state index contributed by atoms with van der Waals surface area (Å²) in [5.74, 6) is -2.31. The van der Waals surface area contributed by atoms with Gasteiger partial charge >= 0.3 is 0 Å². The molecule has 23 heavy (non-hydrogen) atoms. The van der Waals surface area contributed by atoms with Crippen LogP contribution >= 0.6 is 0 Å². The number of β-amino-alcohol motifs (C(OH)–C–C–N with tert-alkyl or cyclic N) is 1. The third-order valence-electron chi connectivity index (χ3n) is 4.27. The summed E-state index contributed by atoms with van der Waals surface area (Å²) in [6, 6.07) is 2.16. The standard InChI is InChI=1S/C14H18F2N2O4S/c15-11-2-1-10(7-12(11)16)23(20,21)18-8-13(14(19)9-18)17-3-5-22-6-4-17/h1-2,7,13-14,19H,3-6,8-9H2/t13-,14-/m1/s1. The molecule has 6 nitrogen and oxygen atoms in total. The van der Waals surface area contributed by atoms with E-state index in [0.29, 0.717) is 32.4 Å². The second-order valence-corrected chi connectivity index (χ2v) is 7.62. The van der Waals surface area contributed by atoms with Crippen molar-refractivity contribution in [1.29, 1.82) is 0 Å². The zero-order chi connectivity index (χ0) is 16.6. The highest BCUT2D eigenvalue weighted by atomic mass is 32.2. The topological polar surface area (TPSA) is 70.1 Å². The third-order valence-corrected chi connectivity index (χ3v) is 6.10. The predicted molar refractivity (Wildman–Crippen MR) is 77.3 cm³/mol. The fourth-order valence-electron chi connectivity index (χ4n) is 2.99. The molecule has 3 rings (SSSR count). The summed E-state index contributed by atoms with van der Waals surface area (Å²) in [6.45, 7) is 2.38. The molecule has 0 saturated carbocycles. The van der Waals surface area contributed by atoms with Crippen LogP contribution in [0.1, 0.15) is 0 Å². The van der Waals surface area contributed by atoms with E-state index in [1.807, 2.05) is 4.90 Å². The lowest BCUT2D eigenvalue weighted by Crippen LogP contribution is -2.49. The van der Waals surface area contributed by atoms with E-state index in [4.69, 9.17) is 4.74 Å². The lowest BCUT2D eigenvalue weighted by atomic mass is 10.2. The summed E-state index contributed by atoms with van der Waals surface area (Å²) < 4.78 is 57.8. The van der Waals surface area contributed by atoms with Crippen molar-refractivity contribution in [3.8, 4) is 0 Å². The van der Waals surface area contributed by atoms with Gasteiger partial charge in [0.25, 0.3) is 0 Å². The van der Waals surface area contributed by atoms with Gasteiger partial charge in [0, 0.05) is 26.2 Å². The number of benzene rings is 1. The highest BCUT2D eigenvalue weighted by Gasteiger charge is 2.41. The fourth-order valence-corrected chi connectivity index (χ4v) is 4.47. The number of aliphatic hydroxyl groups excluding tert-OH is 1. The molecule has 2 saturated heterocycles. The summed E-state index contributed by atoms with van der Waals surface area (Å²) in [7, 11) is -3.97. The Labute approximate surface area is 133 Å². The van der Waals surface area contributed by atoms with E-state index in [0.717, 1.165) is 16.4 Å². The fraction of sp³-hybridized carbons (Fsp3) is 0.571. The molecule has 1 aromatic rings. The zero-order valence-corrected chi connectivity index (χ0v) is 13.2. The summed E-state index contributed by atoms with van der Waals surface area (Å²) in [4.78, 5) is 1.68. The van der Waals surface area contributed by atoms with Crippen LogP contribution in [0.2, 0.25) is 0 Å². The van der Waals surface area contributed by atoms with E-state index in [9.17, 15) is 22.3 Å². The van der Waals surface area contributed by atoms with Gasteiger partial charge in [0.1, 0.15) is 0 Å². The molecule has 128 valence electrons. The summed E-state index contributed by atoms with van der Waals surface area (Å²) in [5.41, 5.74) is 0. The third kappa shape index (κ3) is 3.24. The maximum absolute atomic E-state index is 13.3. The quantitative estimate of drug-likeness (QED) is 0.835. The molecule has 2 aliphatic rings. The molecule has 0 aliphatic carbocycles. The van der Waals surface area contributed by atoms with Crippen LogP contribution in [0.15, 0.2) is 23.1 Å². The molecule has 2 atom stereocenters. The lowest BCUT2D eigenvalue weighted by Gasteiger charge is -2.33. The predicted octanol–water partition coefficient (Wildman–Crippen LogP) is 0.0308. The highest BCUT2D eigenvalue weighted by molar-refractivity contribution is 7.89. The van der Waals surface area contributed by atoms with Crippen LogP contribution < -0.4 is 0 Å². The Bertz CT molecular complexity index is 679.